The molecule has 5 atom stereocenters. The average Bonchev–Trinajstić information content (AvgIpc) is 2.92. The van der Waals surface area contributed by atoms with Gasteiger partial charge in [0.05, 0.1) is 32.0 Å². The molecule has 2 aromatic rings. The van der Waals surface area contributed by atoms with E-state index in [1.165, 1.54) is 62.8 Å². The number of benzene rings is 2. The van der Waals surface area contributed by atoms with Gasteiger partial charge in [-0.3, -0.25) is 9.11 Å². The van der Waals surface area contributed by atoms with Crippen molar-refractivity contribution in [3.8, 4) is 11.5 Å². The molecule has 0 amide bonds. The molecule has 0 saturated carbocycles. The minimum Gasteiger partial charge on any atom is -0.497 e. The Hall–Kier alpha value is -2.36. The van der Waals surface area contributed by atoms with Gasteiger partial charge in [-0.25, -0.2) is 18.0 Å². The summed E-state index contributed by atoms with van der Waals surface area (Å²) < 4.78 is 105. The third kappa shape index (κ3) is 10.1. The molecule has 1 aliphatic heterocycles. The van der Waals surface area contributed by atoms with Crippen molar-refractivity contribution in [3.05, 3.63) is 59.7 Å². The SMILES string of the molecule is COc1ccc(C(=O)O[C@@H]2[C@@H](OC(=O)c3ccc(OC)cc3)[C@H](OC)O[C@H](COS(=O)(=O)O)[C@H]2OS(=O)(=O)O)cc1.[Na+]. The molecule has 0 aromatic heterocycles. The predicted molar refractivity (Wildman–Crippen MR) is 134 cm³/mol. The minimum atomic E-state index is -5.34. The second-order valence-corrected chi connectivity index (χ2v) is 10.3. The first-order valence-electron chi connectivity index (χ1n) is 11.4. The molecule has 0 radical (unpaired) electrons. The van der Waals surface area contributed by atoms with Crippen molar-refractivity contribution in [2.45, 2.75) is 30.7 Å². The van der Waals surface area contributed by atoms with Gasteiger partial charge in [-0.2, -0.15) is 16.8 Å². The Labute approximate surface area is 263 Å². The monoisotopic (exact) mass is 645 g/mol. The average molecular weight is 646 g/mol. The Bertz CT molecular complexity index is 1410. The van der Waals surface area contributed by atoms with E-state index in [0.717, 1.165) is 7.11 Å². The zero-order valence-corrected chi connectivity index (χ0v) is 26.3. The van der Waals surface area contributed by atoms with Crippen molar-refractivity contribution < 1.29 is 102 Å². The van der Waals surface area contributed by atoms with Gasteiger partial charge >= 0.3 is 62.3 Å². The topological polar surface area (TPSA) is 217 Å². The zero-order valence-electron chi connectivity index (χ0n) is 22.6. The standard InChI is InChI=1S/C23H26O16S2.Na/c1-32-15-8-4-13(5-9-15)21(24)37-19-18(39-41(29,30)31)17(12-35-40(26,27)28)36-23(34-3)20(19)38-22(25)14-6-10-16(33-2)11-7-14;/h4-11,17-20,23H,12H2,1-3H3,(H,26,27,28)(H,29,30,31);/q;+1/t17-,18-,19+,20-,23-;/m1./s1. The van der Waals surface area contributed by atoms with Crippen molar-refractivity contribution in [2.75, 3.05) is 27.9 Å². The molecule has 3 rings (SSSR count). The van der Waals surface area contributed by atoms with Crippen LogP contribution in [0.25, 0.3) is 0 Å². The van der Waals surface area contributed by atoms with Gasteiger partial charge in [-0.15, -0.1) is 0 Å². The Kier molecular flexibility index (Phi) is 13.1. The quantitative estimate of drug-likeness (QED) is 0.143. The number of esters is 2. The fourth-order valence-corrected chi connectivity index (χ4v) is 4.53. The molecule has 1 aliphatic rings. The van der Waals surface area contributed by atoms with Gasteiger partial charge in [0.2, 0.25) is 0 Å². The summed E-state index contributed by atoms with van der Waals surface area (Å²) in [5.74, 6) is -1.27. The minimum absolute atomic E-state index is 0. The van der Waals surface area contributed by atoms with Crippen molar-refractivity contribution in [2.24, 2.45) is 0 Å². The summed E-state index contributed by atoms with van der Waals surface area (Å²) in [7, 11) is -6.52. The van der Waals surface area contributed by atoms with Crippen molar-refractivity contribution >= 4 is 32.7 Å². The first kappa shape index (κ1) is 35.8. The molecule has 0 aliphatic carbocycles. The molecule has 0 bridgehead atoms. The number of rotatable bonds is 12. The van der Waals surface area contributed by atoms with Crippen LogP contribution in [0.1, 0.15) is 20.7 Å². The summed E-state index contributed by atoms with van der Waals surface area (Å²) in [6, 6.07) is 11.1. The van der Waals surface area contributed by atoms with Crippen LogP contribution in [0.2, 0.25) is 0 Å². The fourth-order valence-electron chi connectivity index (χ4n) is 3.71. The second-order valence-electron chi connectivity index (χ2n) is 8.18. The van der Waals surface area contributed by atoms with Gasteiger partial charge in [0.1, 0.15) is 23.7 Å². The Morgan fingerprint density at radius 3 is 1.57 bits per heavy atom. The second kappa shape index (κ2) is 15.4. The normalized spacial score (nSPS) is 22.4. The molecule has 2 N–H and O–H groups in total. The molecule has 16 nitrogen and oxygen atoms in total. The van der Waals surface area contributed by atoms with E-state index in [1.54, 1.807) is 0 Å². The first-order valence-corrected chi connectivity index (χ1v) is 14.1. The maximum atomic E-state index is 13.1. The van der Waals surface area contributed by atoms with Gasteiger partial charge in [0, 0.05) is 7.11 Å². The number of ether oxygens (including phenoxy) is 6. The smallest absolute Gasteiger partial charge is 0.497 e. The maximum absolute atomic E-state index is 13.1. The number of hydrogen-bond acceptors (Lipinski definition) is 14. The molecule has 0 spiro atoms. The van der Waals surface area contributed by atoms with Gasteiger partial charge < -0.3 is 28.4 Å². The van der Waals surface area contributed by atoms with Crippen LogP contribution < -0.4 is 39.0 Å². The molecule has 1 saturated heterocycles. The molecule has 2 aromatic carbocycles. The van der Waals surface area contributed by atoms with Gasteiger partial charge in [0.25, 0.3) is 0 Å². The van der Waals surface area contributed by atoms with E-state index in [-0.39, 0.29) is 40.7 Å². The molecular formula is C23H26NaO16S2+. The summed E-state index contributed by atoms with van der Waals surface area (Å²) in [6.45, 7) is -1.10. The van der Waals surface area contributed by atoms with Crippen LogP contribution in [0.3, 0.4) is 0 Å². The summed E-state index contributed by atoms with van der Waals surface area (Å²) in [4.78, 5) is 26.1. The van der Waals surface area contributed by atoms with E-state index < -0.39 is 70.0 Å². The van der Waals surface area contributed by atoms with E-state index in [1.807, 2.05) is 0 Å². The summed E-state index contributed by atoms with van der Waals surface area (Å²) in [6.07, 6.45) is -9.21. The number of methoxy groups -OCH3 is 3. The van der Waals surface area contributed by atoms with Gasteiger partial charge in [-0.1, -0.05) is 0 Å². The van der Waals surface area contributed by atoms with E-state index in [0.29, 0.717) is 11.5 Å². The van der Waals surface area contributed by atoms with E-state index in [2.05, 4.69) is 8.37 Å². The third-order valence-corrected chi connectivity index (χ3v) is 6.47. The number of carbonyl (C=O) groups excluding carboxylic acids is 2. The van der Waals surface area contributed by atoms with E-state index >= 15 is 0 Å². The van der Waals surface area contributed by atoms with Crippen LogP contribution >= 0.6 is 0 Å². The number of hydrogen-bond donors (Lipinski definition) is 2. The molecule has 19 heteroatoms. The molecule has 42 heavy (non-hydrogen) atoms. The molecule has 1 fully saturated rings. The van der Waals surface area contributed by atoms with Crippen LogP contribution in [-0.2, 0) is 48.1 Å². The van der Waals surface area contributed by atoms with Crippen LogP contribution in [0.4, 0.5) is 0 Å². The van der Waals surface area contributed by atoms with E-state index in [4.69, 9.17) is 33.0 Å². The largest absolute Gasteiger partial charge is 1.00 e. The maximum Gasteiger partial charge on any atom is 1.00 e. The Balaban J connectivity index is 0.00000616. The molecule has 1 heterocycles. The van der Waals surface area contributed by atoms with E-state index in [9.17, 15) is 31.0 Å². The van der Waals surface area contributed by atoms with Gasteiger partial charge in [0.15, 0.2) is 18.5 Å². The summed E-state index contributed by atoms with van der Waals surface area (Å²) >= 11 is 0. The van der Waals surface area contributed by atoms with Crippen molar-refractivity contribution in [1.29, 1.82) is 0 Å². The zero-order chi connectivity index (χ0) is 30.4. The third-order valence-electron chi connectivity index (χ3n) is 5.58. The van der Waals surface area contributed by atoms with Gasteiger partial charge in [-0.05, 0) is 48.5 Å². The molecule has 226 valence electrons. The van der Waals surface area contributed by atoms with Crippen LogP contribution in [0.5, 0.6) is 11.5 Å². The summed E-state index contributed by atoms with van der Waals surface area (Å²) in [5.41, 5.74) is -0.0761. The first-order chi connectivity index (χ1) is 19.2. The Morgan fingerprint density at radius 2 is 1.19 bits per heavy atom. The summed E-state index contributed by atoms with van der Waals surface area (Å²) in [5, 5.41) is 0. The van der Waals surface area contributed by atoms with Crippen LogP contribution in [0, 0.1) is 0 Å². The number of carbonyl (C=O) groups is 2. The fraction of sp³-hybridized carbons (Fsp3) is 0.391. The van der Waals surface area contributed by atoms with Crippen molar-refractivity contribution in [1.82, 2.24) is 0 Å². The Morgan fingerprint density at radius 1 is 0.738 bits per heavy atom. The van der Waals surface area contributed by atoms with Crippen LogP contribution in [-0.4, -0.2) is 96.5 Å². The molecular weight excluding hydrogens is 619 g/mol. The molecule has 0 unspecified atom stereocenters. The predicted octanol–water partition coefficient (Wildman–Crippen LogP) is -2.16. The van der Waals surface area contributed by atoms with Crippen LogP contribution in [0.15, 0.2) is 48.5 Å². The van der Waals surface area contributed by atoms with Crippen molar-refractivity contribution in [3.63, 3.8) is 0 Å².